The summed E-state index contributed by atoms with van der Waals surface area (Å²) in [6, 6.07) is 0. The molecule has 0 saturated heterocycles. The molecule has 0 aromatic heterocycles. The molecule has 0 bridgehead atoms. The van der Waals surface area contributed by atoms with Crippen LogP contribution in [0.4, 0.5) is 4.39 Å². The first-order valence-corrected chi connectivity index (χ1v) is 0.378. The number of rotatable bonds is 0. The van der Waals surface area contributed by atoms with Gasteiger partial charge < -0.3 is 0 Å². The Kier molecular flexibility index (Phi) is 21700. The van der Waals surface area contributed by atoms with Gasteiger partial charge in [-0.15, -0.1) is 0 Å². The molecule has 0 spiro atoms. The fourth-order valence-electron chi connectivity index (χ4n) is 0. The molecule has 0 N–H and O–H groups in total. The summed E-state index contributed by atoms with van der Waals surface area (Å²) in [6.07, 6.45) is 0. The summed E-state index contributed by atoms with van der Waals surface area (Å²) < 4.78 is 9.50. The summed E-state index contributed by atoms with van der Waals surface area (Å²) in [7, 11) is 0.500. The molecular formula is C3H11F. The van der Waals surface area contributed by atoms with Crippen molar-refractivity contribution in [2.24, 2.45) is 0 Å². The molecule has 0 fully saturated rings. The van der Waals surface area contributed by atoms with Gasteiger partial charge in [-0.2, -0.15) is 0 Å². The minimum Gasteiger partial charge on any atom is -0.255 e. The average Bonchev–Trinajstić information content (AvgIpc) is 1.00. The fourth-order valence-corrected chi connectivity index (χ4v) is 0. The van der Waals surface area contributed by atoms with Crippen molar-refractivity contribution in [2.75, 3.05) is 7.18 Å². The monoisotopic (exact) mass is 66.1 g/mol. The van der Waals surface area contributed by atoms with Crippen LogP contribution >= 0.6 is 0 Å². The summed E-state index contributed by atoms with van der Waals surface area (Å²) in [5, 5.41) is 0. The van der Waals surface area contributed by atoms with Gasteiger partial charge in [0.1, 0.15) is 0 Å². The molecule has 0 unspecified atom stereocenters. The molecule has 30 valence electrons. The molecule has 1 heteroatoms. The van der Waals surface area contributed by atoms with E-state index in [0.29, 0.717) is 7.18 Å². The van der Waals surface area contributed by atoms with E-state index in [2.05, 4.69) is 0 Å². The van der Waals surface area contributed by atoms with Crippen molar-refractivity contribution in [1.29, 1.82) is 0 Å². The second-order valence-corrected chi connectivity index (χ2v) is 0. The van der Waals surface area contributed by atoms with Crippen LogP contribution < -0.4 is 0 Å². The third-order valence-electron chi connectivity index (χ3n) is 0. The molecule has 0 aliphatic carbocycles. The van der Waals surface area contributed by atoms with Gasteiger partial charge in [0.05, 0.1) is 7.18 Å². The molecule has 0 atom stereocenters. The summed E-state index contributed by atoms with van der Waals surface area (Å²) in [5.41, 5.74) is 0. The quantitative estimate of drug-likeness (QED) is 0.405. The van der Waals surface area contributed by atoms with Crippen molar-refractivity contribution in [3.05, 3.63) is 0 Å². The van der Waals surface area contributed by atoms with E-state index in [4.69, 9.17) is 0 Å². The molecule has 0 radical (unpaired) electrons. The molecule has 0 rings (SSSR count). The minimum absolute atomic E-state index is 0. The third-order valence-corrected chi connectivity index (χ3v) is 0. The highest BCUT2D eigenvalue weighted by molar-refractivity contribution is 3.23. The van der Waals surface area contributed by atoms with Crippen molar-refractivity contribution in [2.45, 2.75) is 14.9 Å². The van der Waals surface area contributed by atoms with Crippen molar-refractivity contribution >= 4 is 0 Å². The third kappa shape index (κ3) is 341. The standard InChI is InChI=1S/CH3F.2CH4/c1-2;;/h1H3;2*1H4. The number of hydrogen-bond acceptors (Lipinski definition) is 0. The molecule has 0 amide bonds. The normalized spacial score (nSPS) is 1.50. The topological polar surface area (TPSA) is 0 Å². The molecule has 0 nitrogen and oxygen atoms in total. The van der Waals surface area contributed by atoms with Crippen LogP contribution in [-0.2, 0) is 0 Å². The summed E-state index contributed by atoms with van der Waals surface area (Å²) in [4.78, 5) is 0. The van der Waals surface area contributed by atoms with Crippen molar-refractivity contribution in [3.63, 3.8) is 0 Å². The van der Waals surface area contributed by atoms with E-state index in [9.17, 15) is 4.39 Å². The van der Waals surface area contributed by atoms with Crippen LogP contribution in [0.15, 0.2) is 0 Å². The van der Waals surface area contributed by atoms with Crippen molar-refractivity contribution < 1.29 is 4.39 Å². The Morgan fingerprint density at radius 2 is 1.00 bits per heavy atom. The Morgan fingerprint density at radius 1 is 1.00 bits per heavy atom. The lowest BCUT2D eigenvalue weighted by molar-refractivity contribution is 0.636. The zero-order chi connectivity index (χ0) is 2.00. The summed E-state index contributed by atoms with van der Waals surface area (Å²) in [5.74, 6) is 0. The van der Waals surface area contributed by atoms with E-state index < -0.39 is 0 Å². The van der Waals surface area contributed by atoms with E-state index in [1.807, 2.05) is 0 Å². The van der Waals surface area contributed by atoms with Crippen LogP contribution in [-0.4, -0.2) is 7.18 Å². The van der Waals surface area contributed by atoms with Gasteiger partial charge in [0, 0.05) is 0 Å². The van der Waals surface area contributed by atoms with Gasteiger partial charge in [-0.3, -0.25) is 4.39 Å². The Labute approximate surface area is 27.6 Å². The van der Waals surface area contributed by atoms with Gasteiger partial charge in [0.2, 0.25) is 0 Å². The van der Waals surface area contributed by atoms with Crippen LogP contribution in [0.1, 0.15) is 14.9 Å². The molecule has 0 heterocycles. The highest BCUT2D eigenvalue weighted by atomic mass is 19.1. The van der Waals surface area contributed by atoms with E-state index in [0.717, 1.165) is 0 Å². The minimum atomic E-state index is 0. The number of hydrogen-bond donors (Lipinski definition) is 0. The predicted octanol–water partition coefficient (Wildman–Crippen LogP) is 1.86. The van der Waals surface area contributed by atoms with Crippen LogP contribution in [0.25, 0.3) is 0 Å². The van der Waals surface area contributed by atoms with Gasteiger partial charge in [-0.1, -0.05) is 14.9 Å². The second-order valence-electron chi connectivity index (χ2n) is 0. The van der Waals surface area contributed by atoms with Gasteiger partial charge >= 0.3 is 0 Å². The van der Waals surface area contributed by atoms with E-state index >= 15 is 0 Å². The molecule has 0 saturated carbocycles. The first-order valence-electron chi connectivity index (χ1n) is 0.378. The maximum Gasteiger partial charge on any atom is 0.0785 e. The molecule has 4 heavy (non-hydrogen) atoms. The largest absolute Gasteiger partial charge is 0.255 e. The first kappa shape index (κ1) is 39.0. The molecule has 0 aromatic rings. The molecular weight excluding hydrogens is 55.0 g/mol. The fraction of sp³-hybridized carbons (Fsp3) is 1.00. The smallest absolute Gasteiger partial charge is 0.0785 e. The van der Waals surface area contributed by atoms with Crippen molar-refractivity contribution in [1.82, 2.24) is 0 Å². The van der Waals surface area contributed by atoms with Gasteiger partial charge in [-0.05, 0) is 0 Å². The second kappa shape index (κ2) is 2230. The summed E-state index contributed by atoms with van der Waals surface area (Å²) >= 11 is 0. The van der Waals surface area contributed by atoms with E-state index in [1.54, 1.807) is 0 Å². The number of alkyl halides is 1. The predicted molar refractivity (Wildman–Crippen MR) is 20.5 cm³/mol. The maximum atomic E-state index is 9.50. The average molecular weight is 66.1 g/mol. The molecule has 0 aliphatic heterocycles. The SMILES string of the molecule is C.C.CF. The Bertz CT molecular complexity index is 3.25. The van der Waals surface area contributed by atoms with Gasteiger partial charge in [-0.25, -0.2) is 0 Å². The van der Waals surface area contributed by atoms with E-state index in [-0.39, 0.29) is 14.9 Å². The van der Waals surface area contributed by atoms with Crippen molar-refractivity contribution in [3.8, 4) is 0 Å². The first-order chi connectivity index (χ1) is 1.00. The number of halogens is 1. The van der Waals surface area contributed by atoms with Gasteiger partial charge in [0.15, 0.2) is 0 Å². The lowest BCUT2D eigenvalue weighted by Gasteiger charge is -1.10. The lowest BCUT2D eigenvalue weighted by Crippen LogP contribution is -0.939. The zero-order valence-corrected chi connectivity index (χ0v) is 1.38. The Morgan fingerprint density at radius 3 is 1.00 bits per heavy atom. The molecule has 0 aromatic carbocycles. The van der Waals surface area contributed by atoms with Gasteiger partial charge in [0.25, 0.3) is 0 Å². The maximum absolute atomic E-state index is 9.50. The highest BCUT2D eigenvalue weighted by Crippen LogP contribution is 1.16. The Balaban J connectivity index is -0.00000000500. The van der Waals surface area contributed by atoms with Crippen LogP contribution in [0.2, 0.25) is 0 Å². The highest BCUT2D eigenvalue weighted by Gasteiger charge is 0.926. The van der Waals surface area contributed by atoms with E-state index in [1.165, 1.54) is 0 Å². The summed E-state index contributed by atoms with van der Waals surface area (Å²) in [6.45, 7) is 0. The zero-order valence-electron chi connectivity index (χ0n) is 1.38. The Hall–Kier alpha value is -0.0700. The van der Waals surface area contributed by atoms with Crippen LogP contribution in [0.3, 0.4) is 0 Å². The van der Waals surface area contributed by atoms with Crippen LogP contribution in [0.5, 0.6) is 0 Å². The lowest BCUT2D eigenvalue weighted by atomic mass is 11.9. The molecule has 0 aliphatic rings. The van der Waals surface area contributed by atoms with Crippen LogP contribution in [0, 0.1) is 0 Å².